The molecule has 0 bridgehead atoms. The zero-order chi connectivity index (χ0) is 11.6. The van der Waals surface area contributed by atoms with Gasteiger partial charge < -0.3 is 4.74 Å². The number of carbonyl (C=O) groups is 1. The van der Waals surface area contributed by atoms with E-state index in [0.29, 0.717) is 12.0 Å². The quantitative estimate of drug-likeness (QED) is 0.529. The van der Waals surface area contributed by atoms with Gasteiger partial charge in [0, 0.05) is 12.0 Å². The lowest BCUT2D eigenvalue weighted by Crippen LogP contribution is -2.16. The van der Waals surface area contributed by atoms with Crippen molar-refractivity contribution in [1.29, 1.82) is 0 Å². The van der Waals surface area contributed by atoms with Gasteiger partial charge in [0.25, 0.3) is 6.04 Å². The molecule has 0 aromatic carbocycles. The van der Waals surface area contributed by atoms with Crippen molar-refractivity contribution >= 4 is 5.97 Å². The zero-order valence-corrected chi connectivity index (χ0v) is 9.94. The van der Waals surface area contributed by atoms with E-state index >= 15 is 0 Å². The van der Waals surface area contributed by atoms with E-state index in [1.807, 2.05) is 20.9 Å². The van der Waals surface area contributed by atoms with Crippen molar-refractivity contribution in [3.05, 3.63) is 17.8 Å². The number of nitrogens with zero attached hydrogens (tertiary/aromatic N) is 2. The maximum atomic E-state index is 11.5. The molecule has 0 N–H and O–H groups in total. The third kappa shape index (κ3) is 2.88. The summed E-state index contributed by atoms with van der Waals surface area (Å²) in [4.78, 5) is 11.5. The second-order valence-electron chi connectivity index (χ2n) is 4.19. The fraction of sp³-hybridized carbons (Fsp3) is 0.636. The third-order valence-corrected chi connectivity index (χ3v) is 2.06. The predicted octanol–water partition coefficient (Wildman–Crippen LogP) is 2.12. The van der Waals surface area contributed by atoms with E-state index in [-0.39, 0.29) is 12.1 Å². The molecule has 4 heteroatoms. The Hall–Kier alpha value is -1.19. The summed E-state index contributed by atoms with van der Waals surface area (Å²) in [6.45, 7) is 7.78. The van der Waals surface area contributed by atoms with Crippen LogP contribution in [0.15, 0.2) is 16.9 Å². The van der Waals surface area contributed by atoms with Gasteiger partial charge in [-0.2, -0.15) is 0 Å². The highest BCUT2D eigenvalue weighted by atomic mass is 16.5. The smallest absolute Gasteiger partial charge is 0.348 e. The SMILES string of the molecule is CC(C)OC(=O)[C]1C=C(C(C)C)[N+](C)=N1. The van der Waals surface area contributed by atoms with Crippen LogP contribution in [0.2, 0.25) is 0 Å². The molecule has 0 saturated heterocycles. The van der Waals surface area contributed by atoms with Crippen LogP contribution in [0.3, 0.4) is 0 Å². The molecule has 0 fully saturated rings. The molecular formula is C11H18N2O2+. The Morgan fingerprint density at radius 1 is 1.40 bits per heavy atom. The minimum Gasteiger partial charge on any atom is -0.461 e. The maximum Gasteiger partial charge on any atom is 0.348 e. The molecule has 1 aliphatic rings. The number of rotatable bonds is 3. The normalized spacial score (nSPS) is 17.0. The molecule has 1 heterocycles. The van der Waals surface area contributed by atoms with Crippen molar-refractivity contribution < 1.29 is 14.2 Å². The molecule has 83 valence electrons. The fourth-order valence-electron chi connectivity index (χ4n) is 1.40. The minimum absolute atomic E-state index is 0.109. The number of hydrogen-bond acceptors (Lipinski definition) is 3. The van der Waals surface area contributed by atoms with E-state index in [4.69, 9.17) is 4.74 Å². The van der Waals surface area contributed by atoms with Crippen LogP contribution in [-0.4, -0.2) is 23.8 Å². The molecule has 0 aromatic heterocycles. The molecular weight excluding hydrogens is 192 g/mol. The first-order valence-electron chi connectivity index (χ1n) is 5.16. The molecule has 0 atom stereocenters. The number of allylic oxidation sites excluding steroid dienone is 1. The standard InChI is InChI=1S/C11H18N2O2/c1-7(2)10-6-9(12-13(10)5)11(14)15-8(3)4/h6-8H,1-5H3/q+1. The van der Waals surface area contributed by atoms with Gasteiger partial charge in [0.1, 0.15) is 0 Å². The number of azo groups is 2. The Morgan fingerprint density at radius 3 is 2.40 bits per heavy atom. The van der Waals surface area contributed by atoms with Crippen molar-refractivity contribution in [3.63, 3.8) is 0 Å². The molecule has 0 unspecified atom stereocenters. The van der Waals surface area contributed by atoms with E-state index in [1.54, 1.807) is 10.8 Å². The first kappa shape index (κ1) is 11.9. The third-order valence-electron chi connectivity index (χ3n) is 2.06. The lowest BCUT2D eigenvalue weighted by molar-refractivity contribution is -0.516. The van der Waals surface area contributed by atoms with E-state index in [2.05, 4.69) is 19.0 Å². The number of carbonyl (C=O) groups excluding carboxylic acids is 1. The largest absolute Gasteiger partial charge is 0.461 e. The Morgan fingerprint density at radius 2 is 2.00 bits per heavy atom. The van der Waals surface area contributed by atoms with Crippen LogP contribution in [0.5, 0.6) is 0 Å². The van der Waals surface area contributed by atoms with Crippen LogP contribution in [0.1, 0.15) is 27.7 Å². The van der Waals surface area contributed by atoms with Crippen molar-refractivity contribution in [1.82, 2.24) is 0 Å². The molecule has 1 radical (unpaired) electrons. The summed E-state index contributed by atoms with van der Waals surface area (Å²) >= 11 is 0. The Balaban J connectivity index is 2.73. The summed E-state index contributed by atoms with van der Waals surface area (Å²) in [6, 6.07) is 0.384. The van der Waals surface area contributed by atoms with E-state index < -0.39 is 0 Å². The van der Waals surface area contributed by atoms with Gasteiger partial charge >= 0.3 is 5.97 Å². The van der Waals surface area contributed by atoms with E-state index in [1.165, 1.54) is 0 Å². The zero-order valence-electron chi connectivity index (χ0n) is 9.94. The topological polar surface area (TPSA) is 41.7 Å². The molecule has 1 aliphatic heterocycles. The Bertz CT molecular complexity index is 317. The summed E-state index contributed by atoms with van der Waals surface area (Å²) in [5.74, 6) is -0.00407. The van der Waals surface area contributed by atoms with Crippen LogP contribution in [0, 0.1) is 12.0 Å². The van der Waals surface area contributed by atoms with Gasteiger partial charge in [-0.3, -0.25) is 0 Å². The maximum absolute atomic E-state index is 11.5. The van der Waals surface area contributed by atoms with Crippen LogP contribution < -0.4 is 0 Å². The Labute approximate surface area is 90.6 Å². The highest BCUT2D eigenvalue weighted by Crippen LogP contribution is 2.24. The van der Waals surface area contributed by atoms with Crippen LogP contribution in [0.4, 0.5) is 0 Å². The molecule has 1 rings (SSSR count). The van der Waals surface area contributed by atoms with E-state index in [0.717, 1.165) is 5.70 Å². The highest BCUT2D eigenvalue weighted by Gasteiger charge is 2.34. The van der Waals surface area contributed by atoms with Crippen LogP contribution >= 0.6 is 0 Å². The van der Waals surface area contributed by atoms with Gasteiger partial charge in [0.15, 0.2) is 7.05 Å². The summed E-state index contributed by atoms with van der Waals surface area (Å²) in [5.41, 5.74) is 1.03. The summed E-state index contributed by atoms with van der Waals surface area (Å²) in [5, 5.41) is 4.13. The molecule has 15 heavy (non-hydrogen) atoms. The van der Waals surface area contributed by atoms with Gasteiger partial charge in [-0.15, -0.1) is 0 Å². The molecule has 0 aliphatic carbocycles. The van der Waals surface area contributed by atoms with Crippen LogP contribution in [-0.2, 0) is 9.53 Å². The second kappa shape index (κ2) is 4.55. The number of esters is 1. The number of hydrogen-bond donors (Lipinski definition) is 0. The van der Waals surface area contributed by atoms with Gasteiger partial charge in [-0.05, 0) is 19.0 Å². The molecule has 0 amide bonds. The average molecular weight is 210 g/mol. The second-order valence-corrected chi connectivity index (χ2v) is 4.19. The van der Waals surface area contributed by atoms with Gasteiger partial charge in [0.2, 0.25) is 5.70 Å². The predicted molar refractivity (Wildman–Crippen MR) is 56.0 cm³/mol. The molecule has 0 spiro atoms. The van der Waals surface area contributed by atoms with Crippen molar-refractivity contribution in [2.24, 2.45) is 11.0 Å². The van der Waals surface area contributed by atoms with Gasteiger partial charge in [-0.25, -0.2) is 4.79 Å². The lowest BCUT2D eigenvalue weighted by Gasteiger charge is -2.06. The molecule has 0 aromatic rings. The van der Waals surface area contributed by atoms with Crippen molar-refractivity contribution in [2.75, 3.05) is 7.05 Å². The summed E-state index contributed by atoms with van der Waals surface area (Å²) in [7, 11) is 1.83. The number of ether oxygens (including phenoxy) is 1. The van der Waals surface area contributed by atoms with Gasteiger partial charge in [-0.1, -0.05) is 18.5 Å². The molecule has 0 saturated carbocycles. The molecule has 4 nitrogen and oxygen atoms in total. The monoisotopic (exact) mass is 210 g/mol. The Kier molecular flexibility index (Phi) is 3.61. The van der Waals surface area contributed by atoms with Gasteiger partial charge in [0.05, 0.1) is 6.10 Å². The first-order chi connectivity index (χ1) is 6.91. The average Bonchev–Trinajstić information content (AvgIpc) is 2.46. The van der Waals surface area contributed by atoms with Crippen molar-refractivity contribution in [2.45, 2.75) is 33.8 Å². The highest BCUT2D eigenvalue weighted by molar-refractivity contribution is 5.87. The van der Waals surface area contributed by atoms with Crippen LogP contribution in [0.25, 0.3) is 0 Å². The lowest BCUT2D eigenvalue weighted by atomic mass is 10.1. The van der Waals surface area contributed by atoms with E-state index in [9.17, 15) is 4.79 Å². The minimum atomic E-state index is -0.354. The van der Waals surface area contributed by atoms with Crippen molar-refractivity contribution in [3.8, 4) is 0 Å². The summed E-state index contributed by atoms with van der Waals surface area (Å²) in [6.07, 6.45) is 1.68. The fourth-order valence-corrected chi connectivity index (χ4v) is 1.40. The first-order valence-corrected chi connectivity index (χ1v) is 5.16. The summed E-state index contributed by atoms with van der Waals surface area (Å²) < 4.78 is 6.79.